The summed E-state index contributed by atoms with van der Waals surface area (Å²) in [6.07, 6.45) is 7.47. The highest BCUT2D eigenvalue weighted by atomic mass is 32.1. The molecule has 0 spiro atoms. The zero-order valence-corrected chi connectivity index (χ0v) is 12.2. The molecule has 3 heteroatoms. The standard InChI is InChI=1S/C16H22N2S/c17-16(19)15-6-1-2-9-18(15)11-12-7-8-13-4-3-5-14(13)10-12/h7-8,10,15H,1-6,9,11H2,(H2,17,19). The number of piperidine rings is 1. The van der Waals surface area contributed by atoms with Crippen LogP contribution < -0.4 is 5.73 Å². The van der Waals surface area contributed by atoms with Gasteiger partial charge in [-0.25, -0.2) is 0 Å². The normalized spacial score (nSPS) is 23.3. The lowest BCUT2D eigenvalue weighted by atomic mass is 10.00. The van der Waals surface area contributed by atoms with Gasteiger partial charge in [-0.3, -0.25) is 4.90 Å². The fourth-order valence-corrected chi connectivity index (χ4v) is 3.73. The van der Waals surface area contributed by atoms with Crippen molar-refractivity contribution in [3.8, 4) is 0 Å². The van der Waals surface area contributed by atoms with E-state index in [0.29, 0.717) is 11.0 Å². The van der Waals surface area contributed by atoms with Crippen molar-refractivity contribution in [2.24, 2.45) is 5.73 Å². The van der Waals surface area contributed by atoms with Crippen molar-refractivity contribution in [3.63, 3.8) is 0 Å². The SMILES string of the molecule is NC(=S)C1CCCCN1Cc1ccc2c(c1)CCC2. The number of fused-ring (bicyclic) bond motifs is 1. The zero-order valence-electron chi connectivity index (χ0n) is 11.4. The Morgan fingerprint density at radius 1 is 1.21 bits per heavy atom. The Labute approximate surface area is 121 Å². The molecule has 0 radical (unpaired) electrons. The first kappa shape index (κ1) is 13.1. The molecule has 1 unspecified atom stereocenters. The third-order valence-electron chi connectivity index (χ3n) is 4.49. The van der Waals surface area contributed by atoms with Gasteiger partial charge in [0.05, 0.1) is 11.0 Å². The Balaban J connectivity index is 1.74. The minimum Gasteiger partial charge on any atom is -0.392 e. The van der Waals surface area contributed by atoms with E-state index in [1.807, 2.05) is 0 Å². The predicted octanol–water partition coefficient (Wildman–Crippen LogP) is 2.82. The number of nitrogens with zero attached hydrogens (tertiary/aromatic N) is 1. The fraction of sp³-hybridized carbons (Fsp3) is 0.562. The van der Waals surface area contributed by atoms with E-state index in [-0.39, 0.29) is 0 Å². The van der Waals surface area contributed by atoms with Gasteiger partial charge in [0.2, 0.25) is 0 Å². The fourth-order valence-electron chi connectivity index (χ4n) is 3.46. The summed E-state index contributed by atoms with van der Waals surface area (Å²) in [5.41, 5.74) is 10.4. The first-order valence-corrected chi connectivity index (χ1v) is 7.79. The van der Waals surface area contributed by atoms with Gasteiger partial charge in [0.1, 0.15) is 0 Å². The van der Waals surface area contributed by atoms with Gasteiger partial charge in [0, 0.05) is 6.54 Å². The number of aryl methyl sites for hydroxylation is 2. The average molecular weight is 274 g/mol. The first-order valence-electron chi connectivity index (χ1n) is 7.38. The molecule has 1 aromatic rings. The van der Waals surface area contributed by atoms with E-state index in [2.05, 4.69) is 23.1 Å². The Bertz CT molecular complexity index is 484. The summed E-state index contributed by atoms with van der Waals surface area (Å²) in [5, 5.41) is 0. The van der Waals surface area contributed by atoms with E-state index in [0.717, 1.165) is 19.5 Å². The van der Waals surface area contributed by atoms with Gasteiger partial charge < -0.3 is 5.73 Å². The number of hydrogen-bond acceptors (Lipinski definition) is 2. The van der Waals surface area contributed by atoms with Gasteiger partial charge in [-0.2, -0.15) is 0 Å². The van der Waals surface area contributed by atoms with Gasteiger partial charge >= 0.3 is 0 Å². The van der Waals surface area contributed by atoms with Gasteiger partial charge in [-0.1, -0.05) is 36.8 Å². The highest BCUT2D eigenvalue weighted by Crippen LogP contribution is 2.25. The van der Waals surface area contributed by atoms with Crippen molar-refractivity contribution in [2.45, 2.75) is 51.1 Å². The van der Waals surface area contributed by atoms with E-state index in [1.165, 1.54) is 37.7 Å². The van der Waals surface area contributed by atoms with Crippen molar-refractivity contribution in [3.05, 3.63) is 34.9 Å². The maximum absolute atomic E-state index is 5.89. The van der Waals surface area contributed by atoms with Crippen molar-refractivity contribution in [2.75, 3.05) is 6.54 Å². The molecule has 1 heterocycles. The van der Waals surface area contributed by atoms with Crippen molar-refractivity contribution < 1.29 is 0 Å². The van der Waals surface area contributed by atoms with Crippen LogP contribution in [0.5, 0.6) is 0 Å². The second-order valence-electron chi connectivity index (χ2n) is 5.84. The molecule has 0 saturated carbocycles. The smallest absolute Gasteiger partial charge is 0.0902 e. The molecular weight excluding hydrogens is 252 g/mol. The topological polar surface area (TPSA) is 29.3 Å². The molecule has 1 fully saturated rings. The van der Waals surface area contributed by atoms with Crippen LogP contribution in [-0.2, 0) is 19.4 Å². The molecule has 1 aliphatic carbocycles. The Morgan fingerprint density at radius 3 is 2.89 bits per heavy atom. The third-order valence-corrected chi connectivity index (χ3v) is 4.76. The summed E-state index contributed by atoms with van der Waals surface area (Å²) >= 11 is 5.22. The van der Waals surface area contributed by atoms with E-state index in [4.69, 9.17) is 18.0 Å². The van der Waals surface area contributed by atoms with Crippen LogP contribution in [0.2, 0.25) is 0 Å². The Hall–Kier alpha value is -0.930. The molecule has 3 rings (SSSR count). The second kappa shape index (κ2) is 5.59. The number of rotatable bonds is 3. The number of benzene rings is 1. The molecule has 102 valence electrons. The van der Waals surface area contributed by atoms with Crippen molar-refractivity contribution in [1.82, 2.24) is 4.90 Å². The second-order valence-corrected chi connectivity index (χ2v) is 6.31. The van der Waals surface area contributed by atoms with Crippen LogP contribution in [0.3, 0.4) is 0 Å². The van der Waals surface area contributed by atoms with Gasteiger partial charge in [-0.05, 0) is 55.3 Å². The summed E-state index contributed by atoms with van der Waals surface area (Å²) in [7, 11) is 0. The van der Waals surface area contributed by atoms with Crippen LogP contribution in [0.4, 0.5) is 0 Å². The predicted molar refractivity (Wildman–Crippen MR) is 83.3 cm³/mol. The number of thiocarbonyl (C=S) groups is 1. The van der Waals surface area contributed by atoms with E-state index in [1.54, 1.807) is 11.1 Å². The molecule has 0 amide bonds. The zero-order chi connectivity index (χ0) is 13.2. The molecule has 1 saturated heterocycles. The molecule has 2 nitrogen and oxygen atoms in total. The maximum Gasteiger partial charge on any atom is 0.0902 e. The lowest BCUT2D eigenvalue weighted by Crippen LogP contribution is -2.46. The first-order chi connectivity index (χ1) is 9.24. The largest absolute Gasteiger partial charge is 0.392 e. The molecule has 2 N–H and O–H groups in total. The summed E-state index contributed by atoms with van der Waals surface area (Å²) < 4.78 is 0. The van der Waals surface area contributed by atoms with Crippen LogP contribution >= 0.6 is 12.2 Å². The molecule has 1 aliphatic heterocycles. The van der Waals surface area contributed by atoms with E-state index in [9.17, 15) is 0 Å². The molecule has 19 heavy (non-hydrogen) atoms. The molecule has 2 aliphatic rings. The highest BCUT2D eigenvalue weighted by Gasteiger charge is 2.24. The Morgan fingerprint density at radius 2 is 2.05 bits per heavy atom. The quantitative estimate of drug-likeness (QED) is 0.859. The highest BCUT2D eigenvalue weighted by molar-refractivity contribution is 7.80. The average Bonchev–Trinajstić information content (AvgIpc) is 2.86. The van der Waals surface area contributed by atoms with Crippen LogP contribution in [0, 0.1) is 0 Å². The molecular formula is C16H22N2S. The van der Waals surface area contributed by atoms with Gasteiger partial charge in [-0.15, -0.1) is 0 Å². The van der Waals surface area contributed by atoms with Crippen molar-refractivity contribution in [1.29, 1.82) is 0 Å². The molecule has 0 bridgehead atoms. The van der Waals surface area contributed by atoms with Crippen molar-refractivity contribution >= 4 is 17.2 Å². The Kier molecular flexibility index (Phi) is 3.85. The lowest BCUT2D eigenvalue weighted by Gasteiger charge is -2.35. The summed E-state index contributed by atoms with van der Waals surface area (Å²) in [6, 6.07) is 7.30. The minimum atomic E-state index is 0.303. The maximum atomic E-state index is 5.89. The number of likely N-dealkylation sites (tertiary alicyclic amines) is 1. The molecule has 0 aromatic heterocycles. The summed E-state index contributed by atoms with van der Waals surface area (Å²) in [6.45, 7) is 2.12. The number of nitrogens with two attached hydrogens (primary N) is 1. The van der Waals surface area contributed by atoms with Crippen LogP contribution in [-0.4, -0.2) is 22.5 Å². The van der Waals surface area contributed by atoms with E-state index < -0.39 is 0 Å². The minimum absolute atomic E-state index is 0.303. The lowest BCUT2D eigenvalue weighted by molar-refractivity contribution is 0.184. The molecule has 1 aromatic carbocycles. The monoisotopic (exact) mass is 274 g/mol. The summed E-state index contributed by atoms with van der Waals surface area (Å²) in [4.78, 5) is 3.13. The van der Waals surface area contributed by atoms with Crippen LogP contribution in [0.1, 0.15) is 42.4 Å². The third kappa shape index (κ3) is 2.82. The number of hydrogen-bond donors (Lipinski definition) is 1. The summed E-state index contributed by atoms with van der Waals surface area (Å²) in [5.74, 6) is 0. The van der Waals surface area contributed by atoms with Crippen LogP contribution in [0.15, 0.2) is 18.2 Å². The van der Waals surface area contributed by atoms with E-state index >= 15 is 0 Å². The van der Waals surface area contributed by atoms with Crippen LogP contribution in [0.25, 0.3) is 0 Å². The molecule has 1 atom stereocenters. The van der Waals surface area contributed by atoms with Gasteiger partial charge in [0.25, 0.3) is 0 Å². The van der Waals surface area contributed by atoms with Gasteiger partial charge in [0.15, 0.2) is 0 Å².